The summed E-state index contributed by atoms with van der Waals surface area (Å²) in [6, 6.07) is 40.2. The number of nitrogens with zero attached hydrogens (tertiary/aromatic N) is 3. The maximum absolute atomic E-state index is 5.05. The molecule has 7 aromatic rings. The van der Waals surface area contributed by atoms with Gasteiger partial charge in [-0.2, -0.15) is 4.57 Å². The summed E-state index contributed by atoms with van der Waals surface area (Å²) in [5, 5.41) is 5.01. The molecule has 0 aliphatic carbocycles. The normalized spacial score (nSPS) is 11.4. The van der Waals surface area contributed by atoms with Gasteiger partial charge in [0.1, 0.15) is 5.69 Å². The van der Waals surface area contributed by atoms with E-state index in [1.165, 1.54) is 30.9 Å². The molecule has 7 rings (SSSR count). The third-order valence-corrected chi connectivity index (χ3v) is 7.55. The molecule has 164 valence electrons. The van der Waals surface area contributed by atoms with Crippen LogP contribution in [0.1, 0.15) is 0 Å². The molecule has 0 unspecified atom stereocenters. The summed E-state index contributed by atoms with van der Waals surface area (Å²) in [6.07, 6.45) is 1.90. The van der Waals surface area contributed by atoms with E-state index in [9.17, 15) is 0 Å². The van der Waals surface area contributed by atoms with Crippen LogP contribution in [0.15, 0.2) is 122 Å². The predicted octanol–water partition coefficient (Wildman–Crippen LogP) is 7.61. The summed E-state index contributed by atoms with van der Waals surface area (Å²) in [6.45, 7) is 0. The second-order valence-corrected chi connectivity index (χ2v) is 9.63. The van der Waals surface area contributed by atoms with Crippen LogP contribution >= 0.6 is 11.3 Å². The largest absolute Gasteiger partial charge is 0.307 e. The lowest BCUT2D eigenvalue weighted by Crippen LogP contribution is -2.35. The van der Waals surface area contributed by atoms with E-state index in [4.69, 9.17) is 9.97 Å². The Hall–Kier alpha value is -4.41. The third kappa shape index (κ3) is 3.38. The van der Waals surface area contributed by atoms with Gasteiger partial charge in [0.25, 0.3) is 5.82 Å². The van der Waals surface area contributed by atoms with E-state index >= 15 is 0 Å². The number of thiophene rings is 1. The second-order valence-electron chi connectivity index (χ2n) is 8.55. The van der Waals surface area contributed by atoms with Crippen LogP contribution in [0.25, 0.3) is 59.4 Å². The van der Waals surface area contributed by atoms with Crippen molar-refractivity contribution in [3.63, 3.8) is 0 Å². The van der Waals surface area contributed by atoms with E-state index in [0.29, 0.717) is 5.82 Å². The first-order chi connectivity index (χ1) is 17.3. The minimum atomic E-state index is 0.716. The van der Waals surface area contributed by atoms with Crippen molar-refractivity contribution in [2.75, 3.05) is 0 Å². The SMILES string of the molecule is c1ccc(-c2nc[n+](-c3cccc4cc5c(cc34)sc3ccccc35)c(-c3ccccc3)n2)cc1. The number of hydrogen-bond donors (Lipinski definition) is 0. The minimum absolute atomic E-state index is 0.716. The second kappa shape index (κ2) is 8.12. The van der Waals surface area contributed by atoms with Gasteiger partial charge in [-0.3, -0.25) is 0 Å². The quantitative estimate of drug-likeness (QED) is 0.251. The Morgan fingerprint density at radius 2 is 1.31 bits per heavy atom. The maximum Gasteiger partial charge on any atom is 0.307 e. The zero-order valence-corrected chi connectivity index (χ0v) is 19.6. The lowest BCUT2D eigenvalue weighted by atomic mass is 10.0. The highest BCUT2D eigenvalue weighted by Crippen LogP contribution is 2.37. The first-order valence-electron chi connectivity index (χ1n) is 11.6. The molecule has 4 heteroatoms. The van der Waals surface area contributed by atoms with Crippen LogP contribution in [0.3, 0.4) is 0 Å². The lowest BCUT2D eigenvalue weighted by molar-refractivity contribution is -0.588. The van der Waals surface area contributed by atoms with Crippen LogP contribution in [0.4, 0.5) is 0 Å². The fourth-order valence-corrected chi connectivity index (χ4v) is 5.86. The van der Waals surface area contributed by atoms with Gasteiger partial charge in [0, 0.05) is 25.6 Å². The molecule has 2 aromatic heterocycles. The maximum atomic E-state index is 5.05. The third-order valence-electron chi connectivity index (χ3n) is 6.41. The van der Waals surface area contributed by atoms with E-state index in [1.807, 2.05) is 66.2 Å². The number of hydrogen-bond acceptors (Lipinski definition) is 3. The summed E-state index contributed by atoms with van der Waals surface area (Å²) in [5.41, 5.74) is 3.12. The van der Waals surface area contributed by atoms with Crippen molar-refractivity contribution in [1.29, 1.82) is 0 Å². The molecule has 0 saturated carbocycles. The number of benzene rings is 5. The van der Waals surface area contributed by atoms with Gasteiger partial charge >= 0.3 is 5.82 Å². The van der Waals surface area contributed by atoms with E-state index in [2.05, 4.69) is 71.3 Å². The first-order valence-corrected chi connectivity index (χ1v) is 12.4. The van der Waals surface area contributed by atoms with Crippen molar-refractivity contribution in [3.8, 4) is 28.5 Å². The van der Waals surface area contributed by atoms with Gasteiger partial charge in [0.05, 0.1) is 11.1 Å². The van der Waals surface area contributed by atoms with E-state index < -0.39 is 0 Å². The molecule has 0 bridgehead atoms. The van der Waals surface area contributed by atoms with E-state index in [0.717, 1.165) is 22.6 Å². The molecular formula is C31H20N3S+. The fraction of sp³-hybridized carbons (Fsp3) is 0. The van der Waals surface area contributed by atoms with Crippen LogP contribution in [0.2, 0.25) is 0 Å². The Balaban J connectivity index is 1.50. The molecule has 0 amide bonds. The first kappa shape index (κ1) is 20.0. The minimum Gasteiger partial charge on any atom is -0.198 e. The van der Waals surface area contributed by atoms with Crippen molar-refractivity contribution < 1.29 is 4.57 Å². The van der Waals surface area contributed by atoms with Gasteiger partial charge in [0.2, 0.25) is 6.33 Å². The smallest absolute Gasteiger partial charge is 0.198 e. The van der Waals surface area contributed by atoms with Crippen molar-refractivity contribution in [2.45, 2.75) is 0 Å². The molecule has 2 heterocycles. The zero-order valence-electron chi connectivity index (χ0n) is 18.8. The summed E-state index contributed by atoms with van der Waals surface area (Å²) in [5.74, 6) is 1.58. The fourth-order valence-electron chi connectivity index (χ4n) is 4.73. The molecule has 0 aliphatic heterocycles. The van der Waals surface area contributed by atoms with Gasteiger partial charge in [-0.1, -0.05) is 76.7 Å². The lowest BCUT2D eigenvalue weighted by Gasteiger charge is -2.10. The Morgan fingerprint density at radius 3 is 2.14 bits per heavy atom. The van der Waals surface area contributed by atoms with Gasteiger partial charge in [0.15, 0.2) is 0 Å². The van der Waals surface area contributed by atoms with E-state index in [1.54, 1.807) is 0 Å². The Bertz CT molecular complexity index is 1840. The molecule has 0 radical (unpaired) electrons. The number of aromatic nitrogens is 3. The monoisotopic (exact) mass is 466 g/mol. The Morgan fingerprint density at radius 1 is 0.571 bits per heavy atom. The van der Waals surface area contributed by atoms with E-state index in [-0.39, 0.29) is 0 Å². The van der Waals surface area contributed by atoms with Crippen molar-refractivity contribution in [1.82, 2.24) is 9.97 Å². The molecule has 3 nitrogen and oxygen atoms in total. The van der Waals surface area contributed by atoms with Crippen molar-refractivity contribution >= 4 is 42.3 Å². The molecule has 0 saturated heterocycles. The van der Waals surface area contributed by atoms with Gasteiger partial charge in [-0.25, -0.2) is 0 Å². The molecule has 0 atom stereocenters. The highest BCUT2D eigenvalue weighted by atomic mass is 32.1. The molecule has 0 aliphatic rings. The van der Waals surface area contributed by atoms with Crippen LogP contribution in [-0.4, -0.2) is 9.97 Å². The Labute approximate surface area is 206 Å². The standard InChI is InChI=1S/C31H20N3S/c1-3-10-21(11-4-1)30-32-20-34(31(33-30)22-12-5-2-6-13-22)27-16-9-14-23-18-26-24-15-7-8-17-28(24)35-29(26)19-25(23)27/h1-20H/q+1. The molecule has 0 N–H and O–H groups in total. The van der Waals surface area contributed by atoms with Crippen LogP contribution in [0, 0.1) is 0 Å². The average molecular weight is 467 g/mol. The van der Waals surface area contributed by atoms with Gasteiger partial charge < -0.3 is 0 Å². The molecule has 5 aromatic carbocycles. The summed E-state index contributed by atoms with van der Waals surface area (Å²) in [7, 11) is 0. The summed E-state index contributed by atoms with van der Waals surface area (Å²) >= 11 is 1.84. The average Bonchev–Trinajstić information content (AvgIpc) is 3.30. The highest BCUT2D eigenvalue weighted by molar-refractivity contribution is 7.25. The van der Waals surface area contributed by atoms with Crippen molar-refractivity contribution in [2.24, 2.45) is 0 Å². The zero-order chi connectivity index (χ0) is 23.2. The Kier molecular flexibility index (Phi) is 4.64. The topological polar surface area (TPSA) is 29.7 Å². The van der Waals surface area contributed by atoms with Crippen molar-refractivity contribution in [3.05, 3.63) is 122 Å². The molecular weight excluding hydrogens is 446 g/mol. The van der Waals surface area contributed by atoms with Crippen LogP contribution < -0.4 is 4.57 Å². The van der Waals surface area contributed by atoms with Gasteiger partial charge in [-0.15, -0.1) is 11.3 Å². The molecule has 35 heavy (non-hydrogen) atoms. The summed E-state index contributed by atoms with van der Waals surface area (Å²) in [4.78, 5) is 9.82. The highest BCUT2D eigenvalue weighted by Gasteiger charge is 2.21. The molecule has 0 spiro atoms. The van der Waals surface area contributed by atoms with Gasteiger partial charge in [-0.05, 0) is 53.9 Å². The van der Waals surface area contributed by atoms with Crippen LogP contribution in [0.5, 0.6) is 0 Å². The molecule has 0 fully saturated rings. The predicted molar refractivity (Wildman–Crippen MR) is 145 cm³/mol. The number of fused-ring (bicyclic) bond motifs is 4. The number of rotatable bonds is 3. The summed E-state index contributed by atoms with van der Waals surface area (Å²) < 4.78 is 4.71. The van der Waals surface area contributed by atoms with Crippen LogP contribution in [-0.2, 0) is 0 Å².